The number of nitro groups is 1. The molecule has 1 aliphatic heterocycles. The number of dihydropyridines is 1. The predicted molar refractivity (Wildman–Crippen MR) is 41.3 cm³/mol. The van der Waals surface area contributed by atoms with Gasteiger partial charge in [0.15, 0.2) is 0 Å². The number of rotatable bonds is 1. The van der Waals surface area contributed by atoms with Crippen LogP contribution in [0.3, 0.4) is 0 Å². The SMILES string of the molecule is O=C1N=CC(Br)=C[C@H]1[N+](=O)[O-]. The molecule has 1 aliphatic rings. The molecular weight excluding hydrogens is 216 g/mol. The van der Waals surface area contributed by atoms with Crippen molar-refractivity contribution in [1.29, 1.82) is 0 Å². The van der Waals surface area contributed by atoms with E-state index in [-0.39, 0.29) is 0 Å². The molecule has 0 fully saturated rings. The number of allylic oxidation sites excluding steroid dienone is 1. The Morgan fingerprint density at radius 3 is 2.82 bits per heavy atom. The van der Waals surface area contributed by atoms with Crippen molar-refractivity contribution in [2.24, 2.45) is 4.99 Å². The molecule has 1 amide bonds. The fourth-order valence-electron chi connectivity index (χ4n) is 0.618. The second-order valence-corrected chi connectivity index (χ2v) is 2.79. The highest BCUT2D eigenvalue weighted by Gasteiger charge is 2.28. The van der Waals surface area contributed by atoms with Crippen LogP contribution in [0.25, 0.3) is 0 Å². The van der Waals surface area contributed by atoms with Crippen LogP contribution in [0.15, 0.2) is 15.6 Å². The maximum atomic E-state index is 10.7. The van der Waals surface area contributed by atoms with Crippen LogP contribution < -0.4 is 0 Å². The van der Waals surface area contributed by atoms with Crippen molar-refractivity contribution in [3.63, 3.8) is 0 Å². The molecule has 0 aliphatic carbocycles. The van der Waals surface area contributed by atoms with Crippen LogP contribution in [0.5, 0.6) is 0 Å². The lowest BCUT2D eigenvalue weighted by Crippen LogP contribution is -2.28. The topological polar surface area (TPSA) is 72.6 Å². The Morgan fingerprint density at radius 1 is 1.73 bits per heavy atom. The third kappa shape index (κ3) is 1.70. The zero-order valence-electron chi connectivity index (χ0n) is 5.23. The molecule has 0 N–H and O–H groups in total. The summed E-state index contributed by atoms with van der Waals surface area (Å²) in [4.78, 5) is 23.4. The van der Waals surface area contributed by atoms with Gasteiger partial charge in [-0.05, 0) is 15.9 Å². The molecule has 0 aromatic carbocycles. The molecule has 0 saturated heterocycles. The van der Waals surface area contributed by atoms with Crippen molar-refractivity contribution in [3.8, 4) is 0 Å². The summed E-state index contributed by atoms with van der Waals surface area (Å²) in [5, 5.41) is 10.2. The van der Waals surface area contributed by atoms with Crippen molar-refractivity contribution in [2.45, 2.75) is 6.04 Å². The molecule has 1 heterocycles. The van der Waals surface area contributed by atoms with Crippen molar-refractivity contribution in [1.82, 2.24) is 0 Å². The summed E-state index contributed by atoms with van der Waals surface area (Å²) in [6, 6.07) is -1.32. The van der Waals surface area contributed by atoms with Gasteiger partial charge in [-0.3, -0.25) is 14.9 Å². The summed E-state index contributed by atoms with van der Waals surface area (Å²) < 4.78 is 0.457. The summed E-state index contributed by atoms with van der Waals surface area (Å²) in [7, 11) is 0. The molecule has 0 radical (unpaired) electrons. The van der Waals surface area contributed by atoms with E-state index in [1.807, 2.05) is 0 Å². The average molecular weight is 219 g/mol. The lowest BCUT2D eigenvalue weighted by atomic mass is 10.2. The Bertz CT molecular complexity index is 271. The van der Waals surface area contributed by atoms with E-state index in [4.69, 9.17) is 0 Å². The molecule has 1 rings (SSSR count). The van der Waals surface area contributed by atoms with Crippen molar-refractivity contribution < 1.29 is 9.72 Å². The number of nitrogens with zero attached hydrogens (tertiary/aromatic N) is 2. The lowest BCUT2D eigenvalue weighted by molar-refractivity contribution is -0.495. The van der Waals surface area contributed by atoms with Gasteiger partial charge in [0.25, 0.3) is 0 Å². The highest BCUT2D eigenvalue weighted by Crippen LogP contribution is 2.10. The molecule has 0 bridgehead atoms. The first-order valence-electron chi connectivity index (χ1n) is 2.70. The maximum Gasteiger partial charge on any atom is 0.324 e. The zero-order valence-corrected chi connectivity index (χ0v) is 6.82. The van der Waals surface area contributed by atoms with Crippen LogP contribution in [0.4, 0.5) is 0 Å². The second kappa shape index (κ2) is 2.91. The van der Waals surface area contributed by atoms with E-state index in [2.05, 4.69) is 20.9 Å². The first kappa shape index (κ1) is 8.06. The van der Waals surface area contributed by atoms with E-state index in [1.54, 1.807) is 0 Å². The Kier molecular flexibility index (Phi) is 2.13. The van der Waals surface area contributed by atoms with Gasteiger partial charge in [0.1, 0.15) is 0 Å². The van der Waals surface area contributed by atoms with Gasteiger partial charge < -0.3 is 0 Å². The Labute approximate surface area is 70.1 Å². The van der Waals surface area contributed by atoms with Crippen LogP contribution in [-0.2, 0) is 4.79 Å². The van der Waals surface area contributed by atoms with Crippen LogP contribution in [0.1, 0.15) is 0 Å². The molecular formula is C5H3BrN2O3. The van der Waals surface area contributed by atoms with Gasteiger partial charge >= 0.3 is 11.9 Å². The standard InChI is InChI=1S/C5H3BrN2O3/c6-3-1-4(8(10)11)5(9)7-2-3/h1-2,4H/t4-/m1/s1. The van der Waals surface area contributed by atoms with Crippen LogP contribution in [0.2, 0.25) is 0 Å². The molecule has 5 nitrogen and oxygen atoms in total. The lowest BCUT2D eigenvalue weighted by Gasteiger charge is -2.03. The van der Waals surface area contributed by atoms with Crippen molar-refractivity contribution in [3.05, 3.63) is 20.7 Å². The molecule has 0 spiro atoms. The van der Waals surface area contributed by atoms with Gasteiger partial charge in [0, 0.05) is 21.7 Å². The normalized spacial score (nSPS) is 23.2. The van der Waals surface area contributed by atoms with E-state index < -0.39 is 16.9 Å². The van der Waals surface area contributed by atoms with E-state index in [9.17, 15) is 14.9 Å². The summed E-state index contributed by atoms with van der Waals surface area (Å²) in [5.74, 6) is -0.738. The molecule has 58 valence electrons. The van der Waals surface area contributed by atoms with Gasteiger partial charge in [-0.25, -0.2) is 4.99 Å². The summed E-state index contributed by atoms with van der Waals surface area (Å²) in [6.07, 6.45) is 2.44. The molecule has 6 heteroatoms. The number of aliphatic imine (C=N–C) groups is 1. The highest BCUT2D eigenvalue weighted by atomic mass is 79.9. The Morgan fingerprint density at radius 2 is 2.36 bits per heavy atom. The minimum Gasteiger partial charge on any atom is -0.264 e. The van der Waals surface area contributed by atoms with Gasteiger partial charge in [-0.1, -0.05) is 0 Å². The number of amides is 1. The third-order valence-electron chi connectivity index (χ3n) is 1.11. The summed E-state index contributed by atoms with van der Waals surface area (Å²) in [5.41, 5.74) is 0. The number of halogens is 1. The number of hydrogen-bond acceptors (Lipinski definition) is 3. The fraction of sp³-hybridized carbons (Fsp3) is 0.200. The number of carbonyl (C=O) groups is 1. The van der Waals surface area contributed by atoms with Crippen LogP contribution in [-0.4, -0.2) is 23.1 Å². The highest BCUT2D eigenvalue weighted by molar-refractivity contribution is 9.12. The van der Waals surface area contributed by atoms with E-state index in [1.165, 1.54) is 12.3 Å². The summed E-state index contributed by atoms with van der Waals surface area (Å²) >= 11 is 2.98. The van der Waals surface area contributed by atoms with E-state index >= 15 is 0 Å². The molecule has 0 unspecified atom stereocenters. The molecule has 0 aromatic heterocycles. The van der Waals surface area contributed by atoms with Gasteiger partial charge in [0.2, 0.25) is 0 Å². The molecule has 0 saturated carbocycles. The molecule has 0 aromatic rings. The number of carbonyl (C=O) groups excluding carboxylic acids is 1. The van der Waals surface area contributed by atoms with Gasteiger partial charge in [-0.2, -0.15) is 0 Å². The Hall–Kier alpha value is -1.04. The first-order chi connectivity index (χ1) is 5.11. The van der Waals surface area contributed by atoms with E-state index in [0.29, 0.717) is 4.48 Å². The number of hydrogen-bond donors (Lipinski definition) is 0. The average Bonchev–Trinajstić information content (AvgIpc) is 1.94. The first-order valence-corrected chi connectivity index (χ1v) is 3.49. The smallest absolute Gasteiger partial charge is 0.264 e. The Balaban J connectivity index is 2.90. The molecule has 11 heavy (non-hydrogen) atoms. The third-order valence-corrected chi connectivity index (χ3v) is 1.58. The van der Waals surface area contributed by atoms with Crippen LogP contribution in [0, 0.1) is 10.1 Å². The van der Waals surface area contributed by atoms with Crippen LogP contribution >= 0.6 is 15.9 Å². The van der Waals surface area contributed by atoms with E-state index in [0.717, 1.165) is 0 Å². The monoisotopic (exact) mass is 218 g/mol. The van der Waals surface area contributed by atoms with Gasteiger partial charge in [0.05, 0.1) is 0 Å². The summed E-state index contributed by atoms with van der Waals surface area (Å²) in [6.45, 7) is 0. The quantitative estimate of drug-likeness (QED) is 0.476. The largest absolute Gasteiger partial charge is 0.324 e. The minimum absolute atomic E-state index is 0.457. The predicted octanol–water partition coefficient (Wildman–Crippen LogP) is 0.522. The second-order valence-electron chi connectivity index (χ2n) is 1.88. The molecule has 1 atom stereocenters. The fourth-order valence-corrected chi connectivity index (χ4v) is 0.971. The minimum atomic E-state index is -1.32. The van der Waals surface area contributed by atoms with Gasteiger partial charge in [-0.15, -0.1) is 0 Å². The van der Waals surface area contributed by atoms with Crippen molar-refractivity contribution in [2.75, 3.05) is 0 Å². The zero-order chi connectivity index (χ0) is 8.43. The van der Waals surface area contributed by atoms with Crippen molar-refractivity contribution >= 4 is 28.1 Å². The maximum absolute atomic E-state index is 10.7.